The predicted octanol–water partition coefficient (Wildman–Crippen LogP) is 5.82. The fourth-order valence-corrected chi connectivity index (χ4v) is 5.60. The first-order valence-corrected chi connectivity index (χ1v) is 12.8. The summed E-state index contributed by atoms with van der Waals surface area (Å²) in [6, 6.07) is 19.2. The molecule has 1 aromatic heterocycles. The molecule has 1 amide bonds. The molecule has 2 aliphatic rings. The van der Waals surface area contributed by atoms with Gasteiger partial charge in [-0.1, -0.05) is 29.8 Å². The Morgan fingerprint density at radius 1 is 1.11 bits per heavy atom. The zero-order valence-electron chi connectivity index (χ0n) is 18.9. The Labute approximate surface area is 212 Å². The predicted molar refractivity (Wildman–Crippen MR) is 137 cm³/mol. The lowest BCUT2D eigenvalue weighted by atomic mass is 10.1. The van der Waals surface area contributed by atoms with Gasteiger partial charge in [0.1, 0.15) is 17.7 Å². The second-order valence-electron chi connectivity index (χ2n) is 8.64. The van der Waals surface area contributed by atoms with Crippen LogP contribution in [0, 0.1) is 0 Å². The number of carbonyl (C=O) groups is 1. The summed E-state index contributed by atoms with van der Waals surface area (Å²) in [6.45, 7) is 2.48. The maximum Gasteiger partial charge on any atom is 0.254 e. The van der Waals surface area contributed by atoms with Crippen LogP contribution in [-0.2, 0) is 11.3 Å². The van der Waals surface area contributed by atoms with E-state index in [1.165, 1.54) is 0 Å². The second-order valence-corrected chi connectivity index (χ2v) is 10.1. The standard InChI is InChI=1S/C27H23ClN2O4S/c28-20-5-3-4-17(13-20)27(31)30-9-11-33-25-19(15-30)12-18(14-23(25)34-21-8-10-32-16-21)26-29-22-6-1-2-7-24(22)35-26/h1-7,12-14,21H,8-11,15-16H2. The molecule has 3 heterocycles. The number of thiazole rings is 1. The van der Waals surface area contributed by atoms with E-state index in [2.05, 4.69) is 12.1 Å². The molecule has 4 aromatic rings. The molecule has 0 bridgehead atoms. The quantitative estimate of drug-likeness (QED) is 0.349. The molecule has 2 aliphatic heterocycles. The average molecular weight is 507 g/mol. The highest BCUT2D eigenvalue weighted by Crippen LogP contribution is 2.41. The highest BCUT2D eigenvalue weighted by molar-refractivity contribution is 7.21. The van der Waals surface area contributed by atoms with Gasteiger partial charge in [-0.2, -0.15) is 0 Å². The zero-order chi connectivity index (χ0) is 23.8. The number of para-hydroxylation sites is 1. The van der Waals surface area contributed by atoms with Crippen molar-refractivity contribution in [1.82, 2.24) is 9.88 Å². The number of carbonyl (C=O) groups excluding carboxylic acids is 1. The first-order valence-electron chi connectivity index (χ1n) is 11.6. The first-order chi connectivity index (χ1) is 17.1. The highest BCUT2D eigenvalue weighted by Gasteiger charge is 2.27. The molecule has 0 spiro atoms. The maximum absolute atomic E-state index is 13.3. The molecule has 0 saturated carbocycles. The highest BCUT2D eigenvalue weighted by atomic mass is 35.5. The van der Waals surface area contributed by atoms with Gasteiger partial charge in [-0.05, 0) is 42.5 Å². The van der Waals surface area contributed by atoms with Crippen molar-refractivity contribution in [2.24, 2.45) is 0 Å². The Morgan fingerprint density at radius 2 is 2.03 bits per heavy atom. The summed E-state index contributed by atoms with van der Waals surface area (Å²) in [5, 5.41) is 1.44. The molecule has 1 saturated heterocycles. The smallest absolute Gasteiger partial charge is 0.254 e. The zero-order valence-corrected chi connectivity index (χ0v) is 20.5. The number of aromatic nitrogens is 1. The number of hydrogen-bond acceptors (Lipinski definition) is 6. The summed E-state index contributed by atoms with van der Waals surface area (Å²) in [4.78, 5) is 19.9. The largest absolute Gasteiger partial charge is 0.487 e. The van der Waals surface area contributed by atoms with E-state index in [0.717, 1.165) is 32.8 Å². The molecule has 0 aliphatic carbocycles. The summed E-state index contributed by atoms with van der Waals surface area (Å²) in [5.74, 6) is 1.27. The second kappa shape index (κ2) is 9.49. The van der Waals surface area contributed by atoms with Crippen molar-refractivity contribution in [3.05, 3.63) is 76.8 Å². The SMILES string of the molecule is O=C(c1cccc(Cl)c1)N1CCOc2c(cc(-c3nc4ccccc4s3)cc2OC2CCOC2)C1. The molecule has 1 fully saturated rings. The molecule has 8 heteroatoms. The van der Waals surface area contributed by atoms with Gasteiger partial charge in [0.25, 0.3) is 5.91 Å². The Balaban J connectivity index is 1.40. The van der Waals surface area contributed by atoms with Crippen LogP contribution in [-0.4, -0.2) is 48.3 Å². The van der Waals surface area contributed by atoms with E-state index in [1.54, 1.807) is 40.5 Å². The number of fused-ring (bicyclic) bond motifs is 2. The van der Waals surface area contributed by atoms with Crippen molar-refractivity contribution < 1.29 is 19.0 Å². The van der Waals surface area contributed by atoms with Crippen LogP contribution in [0.5, 0.6) is 11.5 Å². The average Bonchev–Trinajstić information content (AvgIpc) is 3.48. The number of rotatable bonds is 4. The number of benzene rings is 3. The van der Waals surface area contributed by atoms with E-state index in [9.17, 15) is 4.79 Å². The van der Waals surface area contributed by atoms with E-state index >= 15 is 0 Å². The van der Waals surface area contributed by atoms with E-state index in [4.69, 9.17) is 30.8 Å². The van der Waals surface area contributed by atoms with Crippen molar-refractivity contribution in [2.75, 3.05) is 26.4 Å². The van der Waals surface area contributed by atoms with Gasteiger partial charge in [0.05, 0.1) is 30.0 Å². The summed E-state index contributed by atoms with van der Waals surface area (Å²) < 4.78 is 19.2. The van der Waals surface area contributed by atoms with Crippen molar-refractivity contribution in [2.45, 2.75) is 19.1 Å². The van der Waals surface area contributed by atoms with Crippen LogP contribution in [0.2, 0.25) is 5.02 Å². The monoisotopic (exact) mass is 506 g/mol. The van der Waals surface area contributed by atoms with E-state index in [0.29, 0.717) is 55.0 Å². The summed E-state index contributed by atoms with van der Waals surface area (Å²) in [7, 11) is 0. The Kier molecular flexibility index (Phi) is 6.06. The molecule has 6 rings (SSSR count). The van der Waals surface area contributed by atoms with Crippen LogP contribution in [0.25, 0.3) is 20.8 Å². The Hall–Kier alpha value is -3.13. The fourth-order valence-electron chi connectivity index (χ4n) is 4.45. The van der Waals surface area contributed by atoms with E-state index in [1.807, 2.05) is 24.3 Å². The van der Waals surface area contributed by atoms with Gasteiger partial charge in [0.2, 0.25) is 0 Å². The number of halogens is 1. The topological polar surface area (TPSA) is 60.9 Å². The van der Waals surface area contributed by atoms with Gasteiger partial charge >= 0.3 is 0 Å². The van der Waals surface area contributed by atoms with E-state index in [-0.39, 0.29) is 12.0 Å². The number of amides is 1. The minimum absolute atomic E-state index is 0.0271. The lowest BCUT2D eigenvalue weighted by Gasteiger charge is -2.21. The van der Waals surface area contributed by atoms with Crippen LogP contribution >= 0.6 is 22.9 Å². The van der Waals surface area contributed by atoms with Crippen LogP contribution in [0.15, 0.2) is 60.7 Å². The molecule has 3 aromatic carbocycles. The van der Waals surface area contributed by atoms with Crippen LogP contribution in [0.4, 0.5) is 0 Å². The molecule has 6 nitrogen and oxygen atoms in total. The molecule has 1 unspecified atom stereocenters. The number of ether oxygens (including phenoxy) is 3. The van der Waals surface area contributed by atoms with Gasteiger partial charge < -0.3 is 19.1 Å². The summed E-state index contributed by atoms with van der Waals surface area (Å²) in [6.07, 6.45) is 0.806. The summed E-state index contributed by atoms with van der Waals surface area (Å²) in [5.41, 5.74) is 3.36. The Bertz CT molecular complexity index is 1370. The summed E-state index contributed by atoms with van der Waals surface area (Å²) >= 11 is 7.77. The van der Waals surface area contributed by atoms with Gasteiger partial charge in [-0.15, -0.1) is 11.3 Å². The van der Waals surface area contributed by atoms with Crippen LogP contribution in [0.1, 0.15) is 22.3 Å². The molecule has 1 atom stereocenters. The van der Waals surface area contributed by atoms with Crippen LogP contribution < -0.4 is 9.47 Å². The molecular formula is C27H23ClN2O4S. The molecule has 0 radical (unpaired) electrons. The van der Waals surface area contributed by atoms with E-state index < -0.39 is 0 Å². The van der Waals surface area contributed by atoms with Crippen molar-refractivity contribution in [3.63, 3.8) is 0 Å². The third-order valence-corrected chi connectivity index (χ3v) is 7.50. The maximum atomic E-state index is 13.3. The van der Waals surface area contributed by atoms with Crippen molar-refractivity contribution in [3.8, 4) is 22.1 Å². The minimum atomic E-state index is -0.0824. The van der Waals surface area contributed by atoms with Gasteiger partial charge in [-0.25, -0.2) is 4.98 Å². The van der Waals surface area contributed by atoms with Gasteiger partial charge in [-0.3, -0.25) is 4.79 Å². The number of nitrogens with zero attached hydrogens (tertiary/aromatic N) is 2. The van der Waals surface area contributed by atoms with Crippen molar-refractivity contribution >= 4 is 39.1 Å². The fraction of sp³-hybridized carbons (Fsp3) is 0.259. The molecule has 0 N–H and O–H groups in total. The van der Waals surface area contributed by atoms with Crippen LogP contribution in [0.3, 0.4) is 0 Å². The molecule has 35 heavy (non-hydrogen) atoms. The molecule has 178 valence electrons. The minimum Gasteiger partial charge on any atom is -0.487 e. The van der Waals surface area contributed by atoms with Gasteiger partial charge in [0, 0.05) is 34.7 Å². The molecular weight excluding hydrogens is 484 g/mol. The van der Waals surface area contributed by atoms with Gasteiger partial charge in [0.15, 0.2) is 11.5 Å². The lowest BCUT2D eigenvalue weighted by Crippen LogP contribution is -2.32. The van der Waals surface area contributed by atoms with Crippen molar-refractivity contribution in [1.29, 1.82) is 0 Å². The lowest BCUT2D eigenvalue weighted by molar-refractivity contribution is 0.0733. The number of hydrogen-bond donors (Lipinski definition) is 0. The third kappa shape index (κ3) is 4.59. The third-order valence-electron chi connectivity index (χ3n) is 6.18. The first kappa shape index (κ1) is 22.3. The Morgan fingerprint density at radius 3 is 2.86 bits per heavy atom. The normalized spacial score (nSPS) is 17.6.